The highest BCUT2D eigenvalue weighted by atomic mass is 35.5. The molecule has 142 valence electrons. The van der Waals surface area contributed by atoms with Crippen molar-refractivity contribution in [3.05, 3.63) is 89.4 Å². The topological polar surface area (TPSA) is 58.2 Å². The van der Waals surface area contributed by atoms with Gasteiger partial charge in [0.15, 0.2) is 0 Å². The number of rotatable bonds is 6. The van der Waals surface area contributed by atoms with E-state index >= 15 is 0 Å². The van der Waals surface area contributed by atoms with E-state index in [1.807, 2.05) is 60.7 Å². The smallest absolute Gasteiger partial charge is 0.242 e. The molecule has 3 aromatic carbocycles. The molecule has 0 aliphatic heterocycles. The molecule has 2 amide bonds. The zero-order valence-electron chi connectivity index (χ0n) is 15.2. The van der Waals surface area contributed by atoms with Gasteiger partial charge in [0, 0.05) is 17.5 Å². The summed E-state index contributed by atoms with van der Waals surface area (Å²) in [5, 5.41) is 5.54. The molecule has 0 fully saturated rings. The van der Waals surface area contributed by atoms with Crippen LogP contribution in [0.2, 0.25) is 5.02 Å². The molecule has 3 aromatic rings. The van der Waals surface area contributed by atoms with Crippen molar-refractivity contribution in [1.82, 2.24) is 0 Å². The van der Waals surface area contributed by atoms with E-state index in [0.717, 1.165) is 10.5 Å². The van der Waals surface area contributed by atoms with Gasteiger partial charge in [0.05, 0.1) is 10.7 Å². The molecule has 3 rings (SSSR count). The average Bonchev–Trinajstić information content (AvgIpc) is 2.69. The van der Waals surface area contributed by atoms with Crippen LogP contribution in [0.4, 0.5) is 11.4 Å². The van der Waals surface area contributed by atoms with Crippen LogP contribution in [0.25, 0.3) is 0 Å². The van der Waals surface area contributed by atoms with Crippen LogP contribution in [0.3, 0.4) is 0 Å². The summed E-state index contributed by atoms with van der Waals surface area (Å²) in [6, 6.07) is 24.3. The Morgan fingerprint density at radius 1 is 0.893 bits per heavy atom. The largest absolute Gasteiger partial charge is 0.326 e. The number of halogens is 1. The number of carbonyl (C=O) groups is 2. The van der Waals surface area contributed by atoms with E-state index < -0.39 is 5.25 Å². The lowest BCUT2D eigenvalue weighted by molar-refractivity contribution is -0.116. The van der Waals surface area contributed by atoms with E-state index in [2.05, 4.69) is 10.6 Å². The van der Waals surface area contributed by atoms with Crippen molar-refractivity contribution in [3.63, 3.8) is 0 Å². The number of nitrogens with one attached hydrogen (secondary N) is 2. The number of hydrogen-bond donors (Lipinski definition) is 2. The molecule has 0 heterocycles. The third-order valence-electron chi connectivity index (χ3n) is 3.88. The number of carbonyl (C=O) groups excluding carboxylic acids is 2. The fourth-order valence-corrected chi connectivity index (χ4v) is 3.85. The van der Waals surface area contributed by atoms with Crippen LogP contribution in [0, 0.1) is 0 Å². The fraction of sp³-hybridized carbons (Fsp3) is 0.0909. The number of amides is 2. The molecule has 2 N–H and O–H groups in total. The second kappa shape index (κ2) is 9.44. The fourth-order valence-electron chi connectivity index (χ4n) is 2.64. The molecule has 28 heavy (non-hydrogen) atoms. The first-order valence-corrected chi connectivity index (χ1v) is 9.93. The molecule has 0 saturated carbocycles. The maximum absolute atomic E-state index is 13.1. The molecule has 0 saturated heterocycles. The normalized spacial score (nSPS) is 11.5. The Morgan fingerprint density at radius 2 is 1.54 bits per heavy atom. The van der Waals surface area contributed by atoms with E-state index in [-0.39, 0.29) is 11.8 Å². The Morgan fingerprint density at radius 3 is 2.18 bits per heavy atom. The third-order valence-corrected chi connectivity index (χ3v) is 5.48. The van der Waals surface area contributed by atoms with Gasteiger partial charge in [-0.15, -0.1) is 11.8 Å². The zero-order chi connectivity index (χ0) is 19.9. The van der Waals surface area contributed by atoms with Gasteiger partial charge in [-0.2, -0.15) is 0 Å². The number of benzene rings is 3. The minimum atomic E-state index is -0.455. The predicted molar refractivity (Wildman–Crippen MR) is 116 cm³/mol. The number of hydrogen-bond acceptors (Lipinski definition) is 3. The van der Waals surface area contributed by atoms with E-state index in [9.17, 15) is 9.59 Å². The minimum absolute atomic E-state index is 0.193. The average molecular weight is 411 g/mol. The van der Waals surface area contributed by atoms with Crippen LogP contribution in [0.5, 0.6) is 0 Å². The molecule has 0 aliphatic rings. The minimum Gasteiger partial charge on any atom is -0.326 e. The van der Waals surface area contributed by atoms with Gasteiger partial charge >= 0.3 is 0 Å². The van der Waals surface area contributed by atoms with Gasteiger partial charge in [0.1, 0.15) is 5.25 Å². The Balaban J connectivity index is 1.86. The lowest BCUT2D eigenvalue weighted by Gasteiger charge is -2.18. The molecular formula is C22H19ClN2O2S. The first-order chi connectivity index (χ1) is 13.5. The van der Waals surface area contributed by atoms with Crippen molar-refractivity contribution in [2.24, 2.45) is 0 Å². The van der Waals surface area contributed by atoms with Crippen molar-refractivity contribution in [3.8, 4) is 0 Å². The number of anilines is 2. The molecule has 4 nitrogen and oxygen atoms in total. The van der Waals surface area contributed by atoms with Gasteiger partial charge in [-0.3, -0.25) is 9.59 Å². The predicted octanol–water partition coefficient (Wildman–Crippen LogP) is 5.77. The van der Waals surface area contributed by atoms with Crippen molar-refractivity contribution in [2.75, 3.05) is 10.6 Å². The van der Waals surface area contributed by atoms with E-state index in [4.69, 9.17) is 11.6 Å². The zero-order valence-corrected chi connectivity index (χ0v) is 16.8. The summed E-state index contributed by atoms with van der Waals surface area (Å²) in [5.74, 6) is -0.386. The molecular weight excluding hydrogens is 392 g/mol. The molecule has 1 atom stereocenters. The Kier molecular flexibility index (Phi) is 6.74. The summed E-state index contributed by atoms with van der Waals surface area (Å²) in [7, 11) is 0. The Bertz CT molecular complexity index is 965. The lowest BCUT2D eigenvalue weighted by Crippen LogP contribution is -2.19. The van der Waals surface area contributed by atoms with Gasteiger partial charge in [-0.05, 0) is 35.9 Å². The molecule has 0 aromatic heterocycles. The SMILES string of the molecule is CC(=O)Nc1ccc(Cl)c(NC(=O)C(Sc2ccccc2)c2ccccc2)c1. The molecule has 6 heteroatoms. The van der Waals surface area contributed by atoms with Crippen LogP contribution in [0.15, 0.2) is 83.8 Å². The summed E-state index contributed by atoms with van der Waals surface area (Å²) >= 11 is 7.72. The second-order valence-corrected chi connectivity index (χ2v) is 7.67. The standard InChI is InChI=1S/C22H19ClN2O2S/c1-15(26)24-17-12-13-19(23)20(14-17)25-22(27)21(16-8-4-2-5-9-16)28-18-10-6-3-7-11-18/h2-14,21H,1H3,(H,24,26)(H,25,27). The van der Waals surface area contributed by atoms with Crippen LogP contribution in [-0.4, -0.2) is 11.8 Å². The summed E-state index contributed by atoms with van der Waals surface area (Å²) < 4.78 is 0. The van der Waals surface area contributed by atoms with Crippen molar-refractivity contribution >= 4 is 46.6 Å². The maximum Gasteiger partial charge on any atom is 0.242 e. The van der Waals surface area contributed by atoms with Crippen molar-refractivity contribution in [2.45, 2.75) is 17.1 Å². The van der Waals surface area contributed by atoms with E-state index in [1.54, 1.807) is 18.2 Å². The van der Waals surface area contributed by atoms with Crippen LogP contribution >= 0.6 is 23.4 Å². The third kappa shape index (κ3) is 5.38. The second-order valence-electron chi connectivity index (χ2n) is 6.09. The van der Waals surface area contributed by atoms with Crippen LogP contribution in [0.1, 0.15) is 17.7 Å². The van der Waals surface area contributed by atoms with Crippen molar-refractivity contribution < 1.29 is 9.59 Å². The van der Waals surface area contributed by atoms with Gasteiger partial charge < -0.3 is 10.6 Å². The first kappa shape index (κ1) is 20.0. The van der Waals surface area contributed by atoms with Gasteiger partial charge in [-0.1, -0.05) is 60.1 Å². The first-order valence-electron chi connectivity index (χ1n) is 8.67. The van der Waals surface area contributed by atoms with Gasteiger partial charge in [0.25, 0.3) is 0 Å². The lowest BCUT2D eigenvalue weighted by atomic mass is 10.1. The highest BCUT2D eigenvalue weighted by Crippen LogP contribution is 2.37. The summed E-state index contributed by atoms with van der Waals surface area (Å²) in [6.45, 7) is 1.43. The Labute approximate surface area is 173 Å². The van der Waals surface area contributed by atoms with Gasteiger partial charge in [0.2, 0.25) is 11.8 Å². The van der Waals surface area contributed by atoms with Gasteiger partial charge in [-0.25, -0.2) is 0 Å². The number of thioether (sulfide) groups is 1. The van der Waals surface area contributed by atoms with E-state index in [1.165, 1.54) is 18.7 Å². The molecule has 0 bridgehead atoms. The maximum atomic E-state index is 13.1. The van der Waals surface area contributed by atoms with Crippen LogP contribution < -0.4 is 10.6 Å². The summed E-state index contributed by atoms with van der Waals surface area (Å²) in [4.78, 5) is 25.4. The van der Waals surface area contributed by atoms with Crippen molar-refractivity contribution in [1.29, 1.82) is 0 Å². The van der Waals surface area contributed by atoms with E-state index in [0.29, 0.717) is 16.4 Å². The van der Waals surface area contributed by atoms with Crippen LogP contribution in [-0.2, 0) is 9.59 Å². The molecule has 1 unspecified atom stereocenters. The summed E-state index contributed by atoms with van der Waals surface area (Å²) in [6.07, 6.45) is 0. The Hall–Kier alpha value is -2.76. The molecule has 0 spiro atoms. The monoisotopic (exact) mass is 410 g/mol. The highest BCUT2D eigenvalue weighted by molar-refractivity contribution is 8.00. The summed E-state index contributed by atoms with van der Waals surface area (Å²) in [5.41, 5.74) is 1.91. The molecule has 0 aliphatic carbocycles. The molecule has 0 radical (unpaired) electrons. The quantitative estimate of drug-likeness (QED) is 0.507. The highest BCUT2D eigenvalue weighted by Gasteiger charge is 2.23.